The molecule has 0 radical (unpaired) electrons. The van der Waals surface area contributed by atoms with Crippen LogP contribution in [0.2, 0.25) is 0 Å². The monoisotopic (exact) mass is 339 g/mol. The lowest BCUT2D eigenvalue weighted by Crippen LogP contribution is -2.42. The molecule has 0 spiro atoms. The summed E-state index contributed by atoms with van der Waals surface area (Å²) in [5, 5.41) is 0. The number of fused-ring (bicyclic) bond motifs is 1. The van der Waals surface area contributed by atoms with Crippen LogP contribution in [-0.4, -0.2) is 41.6 Å². The zero-order valence-electron chi connectivity index (χ0n) is 13.0. The van der Waals surface area contributed by atoms with E-state index in [1.807, 2.05) is 0 Å². The van der Waals surface area contributed by atoms with Crippen LogP contribution in [-0.2, 0) is 9.59 Å². The molecular formula is C17H16F3NO3. The molecule has 1 aliphatic carbocycles. The van der Waals surface area contributed by atoms with Crippen molar-refractivity contribution in [3.05, 3.63) is 41.5 Å². The van der Waals surface area contributed by atoms with Crippen LogP contribution in [0.25, 0.3) is 5.57 Å². The molecule has 0 fully saturated rings. The highest BCUT2D eigenvalue weighted by atomic mass is 19.4. The first-order chi connectivity index (χ1) is 11.3. The number of Topliss-reactive ketones (excluding diaryl/α,β-unsaturated/α-hetero) is 1. The molecule has 24 heavy (non-hydrogen) atoms. The summed E-state index contributed by atoms with van der Waals surface area (Å²) in [6, 6.07) is 6.20. The maximum atomic E-state index is 12.8. The molecule has 0 saturated heterocycles. The van der Waals surface area contributed by atoms with Crippen molar-refractivity contribution in [1.82, 2.24) is 4.90 Å². The normalized spacial score (nSPS) is 14.2. The summed E-state index contributed by atoms with van der Waals surface area (Å²) in [5.74, 6) is -3.44. The Morgan fingerprint density at radius 2 is 1.75 bits per heavy atom. The zero-order valence-corrected chi connectivity index (χ0v) is 13.0. The van der Waals surface area contributed by atoms with E-state index in [0.717, 1.165) is 6.08 Å². The van der Waals surface area contributed by atoms with E-state index >= 15 is 0 Å². The van der Waals surface area contributed by atoms with Crippen LogP contribution in [0.5, 0.6) is 0 Å². The number of alkyl halides is 3. The number of allylic oxidation sites excluding steroid dienone is 1. The highest BCUT2D eigenvalue weighted by Gasteiger charge is 2.42. The highest BCUT2D eigenvalue weighted by Crippen LogP contribution is 2.27. The van der Waals surface area contributed by atoms with Gasteiger partial charge in [0.2, 0.25) is 11.6 Å². The van der Waals surface area contributed by atoms with Gasteiger partial charge in [-0.3, -0.25) is 14.4 Å². The first-order valence-electron chi connectivity index (χ1n) is 7.50. The molecule has 0 aromatic heterocycles. The molecule has 2 rings (SSSR count). The number of carbonyl (C=O) groups is 3. The van der Waals surface area contributed by atoms with E-state index in [4.69, 9.17) is 0 Å². The Hall–Kier alpha value is -2.44. The minimum atomic E-state index is -4.98. The van der Waals surface area contributed by atoms with Gasteiger partial charge in [0.1, 0.15) is 0 Å². The van der Waals surface area contributed by atoms with Gasteiger partial charge in [-0.15, -0.1) is 0 Å². The third-order valence-corrected chi connectivity index (χ3v) is 3.72. The second-order valence-corrected chi connectivity index (χ2v) is 5.49. The molecule has 1 aromatic carbocycles. The van der Waals surface area contributed by atoms with Gasteiger partial charge in [0.15, 0.2) is 0 Å². The number of amides is 1. The van der Waals surface area contributed by atoms with E-state index in [-0.39, 0.29) is 24.2 Å². The Kier molecular flexibility index (Phi) is 5.21. The standard InChI is InChI=1S/C17H16F3NO3/c1-2-3-8-21(16(24)17(18,19)20)10-11-9-14(22)15(23)13-7-5-4-6-12(11)13/h4-7,9H,2-3,8,10H2,1H3. The van der Waals surface area contributed by atoms with E-state index in [0.29, 0.717) is 23.3 Å². The Morgan fingerprint density at radius 3 is 2.33 bits per heavy atom. The summed E-state index contributed by atoms with van der Waals surface area (Å²) in [4.78, 5) is 35.9. The number of carbonyl (C=O) groups excluding carboxylic acids is 3. The molecule has 0 N–H and O–H groups in total. The third kappa shape index (κ3) is 3.72. The van der Waals surface area contributed by atoms with Crippen molar-refractivity contribution in [3.63, 3.8) is 0 Å². The number of rotatable bonds is 5. The predicted molar refractivity (Wildman–Crippen MR) is 81.3 cm³/mol. The Bertz CT molecular complexity index is 707. The van der Waals surface area contributed by atoms with E-state index in [9.17, 15) is 27.6 Å². The molecule has 1 aromatic rings. The second kappa shape index (κ2) is 6.98. The van der Waals surface area contributed by atoms with Crippen molar-refractivity contribution in [1.29, 1.82) is 0 Å². The Balaban J connectivity index is 2.35. The molecule has 0 unspecified atom stereocenters. The first-order valence-corrected chi connectivity index (χ1v) is 7.50. The van der Waals surface area contributed by atoms with Crippen LogP contribution < -0.4 is 0 Å². The van der Waals surface area contributed by atoms with Crippen LogP contribution in [0.15, 0.2) is 30.3 Å². The van der Waals surface area contributed by atoms with Crippen LogP contribution in [0.3, 0.4) is 0 Å². The predicted octanol–water partition coefficient (Wildman–Crippen LogP) is 3.03. The van der Waals surface area contributed by atoms with E-state index in [1.54, 1.807) is 25.1 Å². The fraction of sp³-hybridized carbons (Fsp3) is 0.353. The fourth-order valence-corrected chi connectivity index (χ4v) is 2.51. The van der Waals surface area contributed by atoms with Crippen LogP contribution >= 0.6 is 0 Å². The summed E-state index contributed by atoms with van der Waals surface area (Å²) < 4.78 is 38.4. The quantitative estimate of drug-likeness (QED) is 0.775. The smallest absolute Gasteiger partial charge is 0.331 e. The van der Waals surface area contributed by atoms with Gasteiger partial charge in [0.25, 0.3) is 0 Å². The van der Waals surface area contributed by atoms with Gasteiger partial charge in [-0.25, -0.2) is 0 Å². The van der Waals surface area contributed by atoms with E-state index < -0.39 is 23.6 Å². The van der Waals surface area contributed by atoms with Crippen molar-refractivity contribution < 1.29 is 27.6 Å². The Labute approximate surface area is 136 Å². The first kappa shape index (κ1) is 17.9. The lowest BCUT2D eigenvalue weighted by Gasteiger charge is -2.26. The molecule has 0 aliphatic heterocycles. The number of hydrogen-bond acceptors (Lipinski definition) is 3. The van der Waals surface area contributed by atoms with Crippen molar-refractivity contribution in [2.45, 2.75) is 25.9 Å². The maximum absolute atomic E-state index is 12.8. The van der Waals surface area contributed by atoms with Crippen LogP contribution in [0.4, 0.5) is 13.2 Å². The molecule has 0 atom stereocenters. The van der Waals surface area contributed by atoms with E-state index in [1.165, 1.54) is 6.07 Å². The molecule has 1 aliphatic rings. The van der Waals surface area contributed by atoms with Gasteiger partial charge in [-0.2, -0.15) is 13.2 Å². The van der Waals surface area contributed by atoms with E-state index in [2.05, 4.69) is 0 Å². The van der Waals surface area contributed by atoms with Crippen LogP contribution in [0.1, 0.15) is 35.7 Å². The molecule has 128 valence electrons. The van der Waals surface area contributed by atoms with Crippen molar-refractivity contribution in [2.75, 3.05) is 13.1 Å². The Morgan fingerprint density at radius 1 is 1.12 bits per heavy atom. The maximum Gasteiger partial charge on any atom is 0.471 e. The molecule has 1 amide bonds. The molecule has 4 nitrogen and oxygen atoms in total. The topological polar surface area (TPSA) is 54.5 Å². The summed E-state index contributed by atoms with van der Waals surface area (Å²) in [5.41, 5.74) is 0.775. The van der Waals surface area contributed by atoms with Crippen LogP contribution in [0, 0.1) is 0 Å². The van der Waals surface area contributed by atoms with Crippen molar-refractivity contribution in [3.8, 4) is 0 Å². The van der Waals surface area contributed by atoms with Crippen molar-refractivity contribution in [2.24, 2.45) is 0 Å². The SMILES string of the molecule is CCCCN(CC1=CC(=O)C(=O)c2ccccc21)C(=O)C(F)(F)F. The summed E-state index contributed by atoms with van der Waals surface area (Å²) >= 11 is 0. The number of hydrogen-bond donors (Lipinski definition) is 0. The molecule has 0 bridgehead atoms. The average Bonchev–Trinajstić information content (AvgIpc) is 2.54. The number of halogens is 3. The average molecular weight is 339 g/mol. The molecule has 0 saturated carbocycles. The number of unbranched alkanes of at least 4 members (excludes halogenated alkanes) is 1. The second-order valence-electron chi connectivity index (χ2n) is 5.49. The lowest BCUT2D eigenvalue weighted by molar-refractivity contribution is -0.184. The minimum absolute atomic E-state index is 0.0729. The zero-order chi connectivity index (χ0) is 17.9. The van der Waals surface area contributed by atoms with Crippen molar-refractivity contribution >= 4 is 23.0 Å². The highest BCUT2D eigenvalue weighted by molar-refractivity contribution is 6.50. The number of ketones is 2. The lowest BCUT2D eigenvalue weighted by atomic mass is 9.89. The third-order valence-electron chi connectivity index (χ3n) is 3.72. The van der Waals surface area contributed by atoms with Gasteiger partial charge in [-0.05, 0) is 23.6 Å². The summed E-state index contributed by atoms with van der Waals surface area (Å²) in [7, 11) is 0. The summed E-state index contributed by atoms with van der Waals surface area (Å²) in [6.07, 6.45) is -2.94. The number of benzene rings is 1. The largest absolute Gasteiger partial charge is 0.471 e. The van der Waals surface area contributed by atoms with Gasteiger partial charge in [-0.1, -0.05) is 37.6 Å². The van der Waals surface area contributed by atoms with Gasteiger partial charge in [0.05, 0.1) is 0 Å². The van der Waals surface area contributed by atoms with Gasteiger partial charge >= 0.3 is 12.1 Å². The molecule has 0 heterocycles. The van der Waals surface area contributed by atoms with Gasteiger partial charge < -0.3 is 4.90 Å². The fourth-order valence-electron chi connectivity index (χ4n) is 2.51. The molecular weight excluding hydrogens is 323 g/mol. The van der Waals surface area contributed by atoms with Gasteiger partial charge in [0, 0.05) is 18.7 Å². The molecule has 7 heteroatoms. The number of nitrogens with zero attached hydrogens (tertiary/aromatic N) is 1. The minimum Gasteiger partial charge on any atom is -0.331 e. The summed E-state index contributed by atoms with van der Waals surface area (Å²) in [6.45, 7) is 1.36.